The maximum Gasteiger partial charge on any atom is 0.295 e. The Morgan fingerprint density at radius 2 is 2.19 bits per heavy atom. The summed E-state index contributed by atoms with van der Waals surface area (Å²) < 4.78 is 5.31. The van der Waals surface area contributed by atoms with Crippen molar-refractivity contribution in [2.75, 3.05) is 36.5 Å². The molecule has 110 valence electrons. The van der Waals surface area contributed by atoms with Gasteiger partial charge >= 0.3 is 0 Å². The van der Waals surface area contributed by atoms with E-state index >= 15 is 0 Å². The molecule has 3 rings (SSSR count). The molecule has 3 heterocycles. The zero-order chi connectivity index (χ0) is 14.7. The smallest absolute Gasteiger partial charge is 0.295 e. The highest BCUT2D eigenvalue weighted by atomic mass is 16.5. The number of morpholine rings is 1. The normalized spacial score (nSPS) is 15.0. The number of nitrogens with zero attached hydrogens (tertiary/aromatic N) is 4. The molecule has 1 saturated heterocycles. The lowest BCUT2D eigenvalue weighted by molar-refractivity contribution is 0.101. The van der Waals surface area contributed by atoms with E-state index in [1.54, 1.807) is 13.1 Å². The Morgan fingerprint density at radius 3 is 2.81 bits per heavy atom. The highest BCUT2D eigenvalue weighted by Gasteiger charge is 2.14. The summed E-state index contributed by atoms with van der Waals surface area (Å²) in [4.78, 5) is 22.4. The Morgan fingerprint density at radius 1 is 1.38 bits per heavy atom. The lowest BCUT2D eigenvalue weighted by Gasteiger charge is -2.27. The summed E-state index contributed by atoms with van der Waals surface area (Å²) >= 11 is 0. The first-order valence-corrected chi connectivity index (χ1v) is 6.71. The molecule has 1 aliphatic rings. The third-order valence-corrected chi connectivity index (χ3v) is 3.14. The van der Waals surface area contributed by atoms with Gasteiger partial charge in [-0.1, -0.05) is 0 Å². The molecule has 8 heteroatoms. The van der Waals surface area contributed by atoms with Crippen molar-refractivity contribution in [3.05, 3.63) is 30.0 Å². The van der Waals surface area contributed by atoms with E-state index < -0.39 is 0 Å². The molecule has 2 aromatic heterocycles. The molecule has 0 spiro atoms. The first-order chi connectivity index (χ1) is 10.2. The van der Waals surface area contributed by atoms with Crippen LogP contribution in [-0.4, -0.2) is 52.4 Å². The monoisotopic (exact) mass is 288 g/mol. The number of anilines is 2. The number of ether oxygens (including phenoxy) is 1. The van der Waals surface area contributed by atoms with Crippen LogP contribution in [0.5, 0.6) is 0 Å². The molecule has 21 heavy (non-hydrogen) atoms. The topological polar surface area (TPSA) is 96.0 Å². The standard InChI is InChI=1S/C13H16N6O2/c1-9-15-12(18-17-9)13(20)16-10-2-3-11(14-8-10)19-4-6-21-7-5-19/h2-3,8H,4-7H2,1H3,(H,16,20)(H,15,17,18). The zero-order valence-corrected chi connectivity index (χ0v) is 11.7. The van der Waals surface area contributed by atoms with Gasteiger partial charge in [0.15, 0.2) is 0 Å². The molecule has 0 unspecified atom stereocenters. The number of pyridine rings is 1. The first kappa shape index (κ1) is 13.5. The highest BCUT2D eigenvalue weighted by molar-refractivity contribution is 6.01. The fraction of sp³-hybridized carbons (Fsp3) is 0.385. The maximum absolute atomic E-state index is 11.9. The summed E-state index contributed by atoms with van der Waals surface area (Å²) in [7, 11) is 0. The van der Waals surface area contributed by atoms with Gasteiger partial charge in [-0.3, -0.25) is 9.89 Å². The van der Waals surface area contributed by atoms with Crippen LogP contribution in [0.3, 0.4) is 0 Å². The van der Waals surface area contributed by atoms with Gasteiger partial charge in [0, 0.05) is 13.1 Å². The lowest BCUT2D eigenvalue weighted by atomic mass is 10.3. The first-order valence-electron chi connectivity index (χ1n) is 6.71. The van der Waals surface area contributed by atoms with E-state index in [0.717, 1.165) is 18.9 Å². The van der Waals surface area contributed by atoms with E-state index in [4.69, 9.17) is 4.74 Å². The molecule has 1 aliphatic heterocycles. The summed E-state index contributed by atoms with van der Waals surface area (Å²) in [5, 5.41) is 9.16. The van der Waals surface area contributed by atoms with Gasteiger partial charge in [0.1, 0.15) is 11.6 Å². The van der Waals surface area contributed by atoms with Gasteiger partial charge in [0.05, 0.1) is 25.1 Å². The van der Waals surface area contributed by atoms with Crippen LogP contribution in [0.25, 0.3) is 0 Å². The molecule has 1 amide bonds. The number of aromatic amines is 1. The van der Waals surface area contributed by atoms with Gasteiger partial charge in [0.2, 0.25) is 5.82 Å². The third kappa shape index (κ3) is 3.16. The van der Waals surface area contributed by atoms with Crippen molar-refractivity contribution in [3.8, 4) is 0 Å². The minimum absolute atomic E-state index is 0.116. The molecule has 0 bridgehead atoms. The van der Waals surface area contributed by atoms with Gasteiger partial charge in [-0.15, -0.1) is 5.10 Å². The number of H-pyrrole nitrogens is 1. The Bertz CT molecular complexity index is 618. The Balaban J connectivity index is 1.65. The summed E-state index contributed by atoms with van der Waals surface area (Å²) in [6.45, 7) is 4.82. The van der Waals surface area contributed by atoms with Crippen molar-refractivity contribution >= 4 is 17.4 Å². The minimum Gasteiger partial charge on any atom is -0.378 e. The fourth-order valence-corrected chi connectivity index (χ4v) is 2.07. The van der Waals surface area contributed by atoms with Crippen LogP contribution >= 0.6 is 0 Å². The second-order valence-electron chi connectivity index (χ2n) is 4.70. The van der Waals surface area contributed by atoms with Crippen LogP contribution in [-0.2, 0) is 4.74 Å². The van der Waals surface area contributed by atoms with Crippen LogP contribution < -0.4 is 10.2 Å². The van der Waals surface area contributed by atoms with Gasteiger partial charge in [0.25, 0.3) is 5.91 Å². The van der Waals surface area contributed by atoms with Crippen molar-refractivity contribution in [1.29, 1.82) is 0 Å². The number of rotatable bonds is 3. The van der Waals surface area contributed by atoms with E-state index in [-0.39, 0.29) is 11.7 Å². The number of amides is 1. The third-order valence-electron chi connectivity index (χ3n) is 3.14. The van der Waals surface area contributed by atoms with Crippen molar-refractivity contribution < 1.29 is 9.53 Å². The molecule has 0 aliphatic carbocycles. The molecule has 2 aromatic rings. The molecule has 0 saturated carbocycles. The number of carbonyl (C=O) groups is 1. The van der Waals surface area contributed by atoms with E-state index in [1.807, 2.05) is 12.1 Å². The van der Waals surface area contributed by atoms with Crippen molar-refractivity contribution in [2.24, 2.45) is 0 Å². The lowest BCUT2D eigenvalue weighted by Crippen LogP contribution is -2.36. The van der Waals surface area contributed by atoms with Crippen LogP contribution in [0.15, 0.2) is 18.3 Å². The van der Waals surface area contributed by atoms with Gasteiger partial charge in [-0.25, -0.2) is 9.97 Å². The predicted molar refractivity (Wildman–Crippen MR) is 76.3 cm³/mol. The molecule has 1 fully saturated rings. The fourth-order valence-electron chi connectivity index (χ4n) is 2.07. The van der Waals surface area contributed by atoms with Crippen LogP contribution in [0.4, 0.5) is 11.5 Å². The molecule has 0 radical (unpaired) electrons. The van der Waals surface area contributed by atoms with Crippen molar-refractivity contribution in [2.45, 2.75) is 6.92 Å². The summed E-state index contributed by atoms with van der Waals surface area (Å²) in [6, 6.07) is 3.69. The van der Waals surface area contributed by atoms with Gasteiger partial charge < -0.3 is 15.0 Å². The van der Waals surface area contributed by atoms with E-state index in [9.17, 15) is 4.79 Å². The largest absolute Gasteiger partial charge is 0.378 e. The van der Waals surface area contributed by atoms with Gasteiger partial charge in [-0.2, -0.15) is 0 Å². The van der Waals surface area contributed by atoms with Crippen LogP contribution in [0, 0.1) is 6.92 Å². The maximum atomic E-state index is 11.9. The quantitative estimate of drug-likeness (QED) is 0.858. The molecular formula is C13H16N6O2. The van der Waals surface area contributed by atoms with E-state index in [2.05, 4.69) is 30.4 Å². The number of hydrogen-bond donors (Lipinski definition) is 2. The van der Waals surface area contributed by atoms with Crippen molar-refractivity contribution in [3.63, 3.8) is 0 Å². The van der Waals surface area contributed by atoms with E-state index in [1.165, 1.54) is 0 Å². The minimum atomic E-state index is -0.361. The summed E-state index contributed by atoms with van der Waals surface area (Å²) in [5.74, 6) is 1.23. The number of aryl methyl sites for hydroxylation is 1. The van der Waals surface area contributed by atoms with Crippen LogP contribution in [0.2, 0.25) is 0 Å². The molecule has 0 aromatic carbocycles. The summed E-state index contributed by atoms with van der Waals surface area (Å²) in [5.41, 5.74) is 0.611. The van der Waals surface area contributed by atoms with Gasteiger partial charge in [-0.05, 0) is 19.1 Å². The number of carbonyl (C=O) groups excluding carboxylic acids is 1. The Kier molecular flexibility index (Phi) is 3.78. The van der Waals surface area contributed by atoms with E-state index in [0.29, 0.717) is 24.7 Å². The van der Waals surface area contributed by atoms with Crippen molar-refractivity contribution in [1.82, 2.24) is 20.2 Å². The average molecular weight is 288 g/mol. The van der Waals surface area contributed by atoms with Crippen LogP contribution in [0.1, 0.15) is 16.4 Å². The number of nitrogens with one attached hydrogen (secondary N) is 2. The Labute approximate surface area is 121 Å². The molecule has 8 nitrogen and oxygen atoms in total. The predicted octanol–water partition coefficient (Wildman–Crippen LogP) is 0.597. The second-order valence-corrected chi connectivity index (χ2v) is 4.70. The molecular weight excluding hydrogens is 272 g/mol. The number of aromatic nitrogens is 4. The number of hydrogen-bond acceptors (Lipinski definition) is 6. The highest BCUT2D eigenvalue weighted by Crippen LogP contribution is 2.15. The second kappa shape index (κ2) is 5.88. The SMILES string of the molecule is Cc1nc(C(=O)Nc2ccc(N3CCOCC3)nc2)n[nH]1. The molecule has 2 N–H and O–H groups in total. The molecule has 0 atom stereocenters. The zero-order valence-electron chi connectivity index (χ0n) is 11.7. The Hall–Kier alpha value is -2.48. The average Bonchev–Trinajstić information content (AvgIpc) is 2.96. The summed E-state index contributed by atoms with van der Waals surface area (Å²) in [6.07, 6.45) is 1.63.